The number of cyclic esters (lactones) is 2. The number of hydrogen-bond acceptors (Lipinski definition) is 4. The summed E-state index contributed by atoms with van der Waals surface area (Å²) in [6, 6.07) is 0. The van der Waals surface area contributed by atoms with Crippen LogP contribution in [0.5, 0.6) is 0 Å². The minimum absolute atomic E-state index is 0.166. The minimum atomic E-state index is -4.85. The number of carbonyl (C=O) groups excluding carboxylic acids is 1. The summed E-state index contributed by atoms with van der Waals surface area (Å²) in [6.45, 7) is 2.88. The number of halogens is 3. The first-order valence-electron chi connectivity index (χ1n) is 3.91. The van der Waals surface area contributed by atoms with Crippen LogP contribution in [0.25, 0.3) is 0 Å². The van der Waals surface area contributed by atoms with Gasteiger partial charge in [-0.05, 0) is 13.3 Å². The molecule has 4 nitrogen and oxygen atoms in total. The molecule has 0 saturated carbocycles. The first-order chi connectivity index (χ1) is 6.27. The first-order valence-corrected chi connectivity index (χ1v) is 3.91. The summed E-state index contributed by atoms with van der Waals surface area (Å²) in [5, 5.41) is 0. The molecule has 1 rings (SSSR count). The molecule has 1 fully saturated rings. The van der Waals surface area contributed by atoms with Crippen LogP contribution in [0.4, 0.5) is 18.0 Å². The van der Waals surface area contributed by atoms with E-state index in [1.807, 2.05) is 0 Å². The predicted molar refractivity (Wildman–Crippen MR) is 37.2 cm³/mol. The molecule has 0 radical (unpaired) electrons. The van der Waals surface area contributed by atoms with E-state index in [2.05, 4.69) is 14.2 Å². The number of ether oxygens (including phenoxy) is 3. The molecule has 1 saturated heterocycles. The predicted octanol–water partition coefficient (Wildman–Crippen LogP) is 2.18. The lowest BCUT2D eigenvalue weighted by Crippen LogP contribution is -2.41. The molecule has 0 aromatic heterocycles. The van der Waals surface area contributed by atoms with Gasteiger partial charge in [-0.15, -0.1) is 13.2 Å². The van der Waals surface area contributed by atoms with Gasteiger partial charge in [-0.1, -0.05) is 6.92 Å². The molecule has 14 heavy (non-hydrogen) atoms. The second-order valence-electron chi connectivity index (χ2n) is 3.03. The summed E-state index contributed by atoms with van der Waals surface area (Å²) >= 11 is 0. The summed E-state index contributed by atoms with van der Waals surface area (Å²) in [7, 11) is 0. The molecule has 82 valence electrons. The summed E-state index contributed by atoms with van der Waals surface area (Å²) in [4.78, 5) is 10.6. The van der Waals surface area contributed by atoms with Crippen molar-refractivity contribution in [2.45, 2.75) is 38.5 Å². The van der Waals surface area contributed by atoms with Gasteiger partial charge in [-0.2, -0.15) is 0 Å². The zero-order valence-corrected chi connectivity index (χ0v) is 7.55. The Balaban J connectivity index is 2.72. The van der Waals surface area contributed by atoms with Crippen LogP contribution in [-0.2, 0) is 14.2 Å². The Morgan fingerprint density at radius 2 is 2.14 bits per heavy atom. The Bertz CT molecular complexity index is 240. The first kappa shape index (κ1) is 11.1. The normalized spacial score (nSPS) is 32.6. The highest BCUT2D eigenvalue weighted by molar-refractivity contribution is 5.63. The average molecular weight is 214 g/mol. The van der Waals surface area contributed by atoms with Crippen molar-refractivity contribution in [2.24, 2.45) is 0 Å². The number of rotatable bonds is 2. The van der Waals surface area contributed by atoms with Crippen molar-refractivity contribution in [1.29, 1.82) is 0 Å². The monoisotopic (exact) mass is 214 g/mol. The fraction of sp³-hybridized carbons (Fsp3) is 0.857. The van der Waals surface area contributed by atoms with E-state index in [1.54, 1.807) is 6.92 Å². The Morgan fingerprint density at radius 3 is 2.57 bits per heavy atom. The molecule has 0 bridgehead atoms. The average Bonchev–Trinajstić information content (AvgIpc) is 2.25. The van der Waals surface area contributed by atoms with E-state index in [4.69, 9.17) is 0 Å². The van der Waals surface area contributed by atoms with E-state index in [0.717, 1.165) is 0 Å². The molecule has 1 aliphatic rings. The molecular formula is C7H9F3O4. The molecule has 1 heterocycles. The van der Waals surface area contributed by atoms with E-state index in [1.165, 1.54) is 6.92 Å². The molecule has 0 N–H and O–H groups in total. The molecule has 7 heteroatoms. The highest BCUT2D eigenvalue weighted by Gasteiger charge is 2.52. The van der Waals surface area contributed by atoms with Crippen LogP contribution in [0.2, 0.25) is 0 Å². The van der Waals surface area contributed by atoms with Gasteiger partial charge in [0.1, 0.15) is 0 Å². The Morgan fingerprint density at radius 1 is 1.57 bits per heavy atom. The van der Waals surface area contributed by atoms with Gasteiger partial charge >= 0.3 is 12.5 Å². The van der Waals surface area contributed by atoms with Gasteiger partial charge in [0, 0.05) is 0 Å². The fourth-order valence-electron chi connectivity index (χ4n) is 0.983. The molecular weight excluding hydrogens is 205 g/mol. The van der Waals surface area contributed by atoms with Gasteiger partial charge in [0.15, 0.2) is 5.60 Å². The molecule has 2 atom stereocenters. The topological polar surface area (TPSA) is 44.8 Å². The zero-order chi connectivity index (χ0) is 11.0. The highest BCUT2D eigenvalue weighted by Crippen LogP contribution is 2.34. The number of alkyl halides is 3. The molecule has 0 aromatic rings. The van der Waals surface area contributed by atoms with Crippen molar-refractivity contribution in [2.75, 3.05) is 0 Å². The molecule has 0 spiro atoms. The summed E-state index contributed by atoms with van der Waals surface area (Å²) in [6.07, 6.45) is -7.57. The van der Waals surface area contributed by atoms with Crippen LogP contribution in [0.1, 0.15) is 20.3 Å². The maximum atomic E-state index is 11.8. The largest absolute Gasteiger partial charge is 0.525 e. The van der Waals surface area contributed by atoms with Crippen LogP contribution in [-0.4, -0.2) is 24.4 Å². The van der Waals surface area contributed by atoms with Crippen molar-refractivity contribution in [1.82, 2.24) is 0 Å². The van der Waals surface area contributed by atoms with Gasteiger partial charge in [-0.25, -0.2) is 9.53 Å². The number of carbonyl (C=O) groups is 1. The third kappa shape index (κ3) is 2.28. The maximum Gasteiger partial charge on any atom is 0.525 e. The standard InChI is InChI=1S/C7H9F3O4/c1-3-6(2)4(12-5(11)14-6)13-7(8,9)10/h4H,3H2,1-2H3. The SMILES string of the molecule is CCC1(C)OC(=O)OC1OC(F)(F)F. The number of hydrogen-bond donors (Lipinski definition) is 0. The summed E-state index contributed by atoms with van der Waals surface area (Å²) < 4.78 is 48.0. The second-order valence-corrected chi connectivity index (χ2v) is 3.03. The molecule has 0 aliphatic carbocycles. The van der Waals surface area contributed by atoms with Crippen molar-refractivity contribution in [3.8, 4) is 0 Å². The van der Waals surface area contributed by atoms with Gasteiger partial charge in [0.05, 0.1) is 0 Å². The lowest BCUT2D eigenvalue weighted by atomic mass is 10.0. The van der Waals surface area contributed by atoms with E-state index in [0.29, 0.717) is 0 Å². The van der Waals surface area contributed by atoms with Gasteiger partial charge in [-0.3, -0.25) is 0 Å². The Labute approximate surface area is 77.9 Å². The van der Waals surface area contributed by atoms with Gasteiger partial charge in [0.2, 0.25) is 0 Å². The quantitative estimate of drug-likeness (QED) is 0.661. The van der Waals surface area contributed by atoms with E-state index < -0.39 is 24.4 Å². The van der Waals surface area contributed by atoms with E-state index >= 15 is 0 Å². The Kier molecular flexibility index (Phi) is 2.62. The van der Waals surface area contributed by atoms with Crippen LogP contribution in [0.15, 0.2) is 0 Å². The molecule has 0 aromatic carbocycles. The lowest BCUT2D eigenvalue weighted by molar-refractivity contribution is -0.378. The second kappa shape index (κ2) is 3.30. The third-order valence-electron chi connectivity index (χ3n) is 1.96. The zero-order valence-electron chi connectivity index (χ0n) is 7.55. The molecule has 0 amide bonds. The van der Waals surface area contributed by atoms with Crippen molar-refractivity contribution < 1.29 is 32.2 Å². The lowest BCUT2D eigenvalue weighted by Gasteiger charge is -2.25. The van der Waals surface area contributed by atoms with E-state index in [9.17, 15) is 18.0 Å². The van der Waals surface area contributed by atoms with Gasteiger partial charge in [0.25, 0.3) is 6.29 Å². The van der Waals surface area contributed by atoms with Crippen molar-refractivity contribution in [3.63, 3.8) is 0 Å². The molecule has 2 unspecified atom stereocenters. The third-order valence-corrected chi connectivity index (χ3v) is 1.96. The van der Waals surface area contributed by atoms with Crippen LogP contribution in [0.3, 0.4) is 0 Å². The fourth-order valence-corrected chi connectivity index (χ4v) is 0.983. The van der Waals surface area contributed by atoms with Crippen LogP contribution < -0.4 is 0 Å². The van der Waals surface area contributed by atoms with Crippen molar-refractivity contribution >= 4 is 6.16 Å². The summed E-state index contributed by atoms with van der Waals surface area (Å²) in [5.41, 5.74) is -1.38. The van der Waals surface area contributed by atoms with E-state index in [-0.39, 0.29) is 6.42 Å². The molecule has 1 aliphatic heterocycles. The smallest absolute Gasteiger partial charge is 0.421 e. The highest BCUT2D eigenvalue weighted by atomic mass is 19.4. The van der Waals surface area contributed by atoms with Crippen LogP contribution in [0, 0.1) is 0 Å². The maximum absolute atomic E-state index is 11.8. The van der Waals surface area contributed by atoms with Gasteiger partial charge < -0.3 is 9.47 Å². The Hall–Kier alpha value is -0.980. The van der Waals surface area contributed by atoms with Crippen LogP contribution >= 0.6 is 0 Å². The summed E-state index contributed by atoms with van der Waals surface area (Å²) in [5.74, 6) is 0. The minimum Gasteiger partial charge on any atom is -0.421 e. The van der Waals surface area contributed by atoms with Crippen molar-refractivity contribution in [3.05, 3.63) is 0 Å².